The van der Waals surface area contributed by atoms with Crippen molar-refractivity contribution in [2.45, 2.75) is 39.7 Å². The second kappa shape index (κ2) is 8.24. The van der Waals surface area contributed by atoms with Gasteiger partial charge in [-0.15, -0.1) is 0 Å². The number of nitrogens with one attached hydrogen (secondary N) is 1. The molecule has 1 heterocycles. The van der Waals surface area contributed by atoms with Gasteiger partial charge in [0.25, 0.3) is 5.91 Å². The topological polar surface area (TPSA) is 68.3 Å². The molecule has 1 amide bonds. The molecule has 1 N–H and O–H groups in total. The van der Waals surface area contributed by atoms with E-state index >= 15 is 0 Å². The van der Waals surface area contributed by atoms with Crippen LogP contribution in [0.4, 0.5) is 5.69 Å². The van der Waals surface area contributed by atoms with Gasteiger partial charge in [-0.1, -0.05) is 32.0 Å². The van der Waals surface area contributed by atoms with Crippen LogP contribution in [-0.2, 0) is 16.0 Å². The summed E-state index contributed by atoms with van der Waals surface area (Å²) in [7, 11) is 0. The first-order chi connectivity index (χ1) is 11.6. The number of carbonyl (C=O) groups is 2. The minimum absolute atomic E-state index is 0.321. The number of hydrogen-bond acceptors (Lipinski definition) is 4. The molecule has 24 heavy (non-hydrogen) atoms. The summed E-state index contributed by atoms with van der Waals surface area (Å²) < 4.78 is 5.34. The molecule has 5 nitrogen and oxygen atoms in total. The summed E-state index contributed by atoms with van der Waals surface area (Å²) in [6.45, 7) is 5.78. The lowest BCUT2D eigenvalue weighted by molar-refractivity contribution is -0.124. The van der Waals surface area contributed by atoms with Crippen LogP contribution in [0.25, 0.3) is 0 Å². The van der Waals surface area contributed by atoms with Gasteiger partial charge in [-0.3, -0.25) is 9.78 Å². The molecule has 1 aromatic heterocycles. The monoisotopic (exact) mass is 326 g/mol. The van der Waals surface area contributed by atoms with Gasteiger partial charge >= 0.3 is 5.97 Å². The molecule has 0 radical (unpaired) electrons. The van der Waals surface area contributed by atoms with Crippen molar-refractivity contribution < 1.29 is 14.3 Å². The van der Waals surface area contributed by atoms with Crippen molar-refractivity contribution in [1.29, 1.82) is 0 Å². The van der Waals surface area contributed by atoms with Crippen LogP contribution >= 0.6 is 0 Å². The molecule has 0 bridgehead atoms. The van der Waals surface area contributed by atoms with Crippen molar-refractivity contribution >= 4 is 17.6 Å². The summed E-state index contributed by atoms with van der Waals surface area (Å²) in [4.78, 5) is 28.5. The van der Waals surface area contributed by atoms with E-state index in [-0.39, 0.29) is 5.91 Å². The summed E-state index contributed by atoms with van der Waals surface area (Å²) in [5.74, 6) is -0.871. The van der Waals surface area contributed by atoms with Gasteiger partial charge in [-0.2, -0.15) is 0 Å². The third-order valence-electron chi connectivity index (χ3n) is 3.80. The summed E-state index contributed by atoms with van der Waals surface area (Å²) in [6, 6.07) is 9.14. The van der Waals surface area contributed by atoms with Crippen LogP contribution in [0.2, 0.25) is 0 Å². The summed E-state index contributed by atoms with van der Waals surface area (Å²) in [6.07, 6.45) is 3.35. The highest BCUT2D eigenvalue weighted by molar-refractivity contribution is 5.98. The predicted octanol–water partition coefficient (Wildman–Crippen LogP) is 3.53. The van der Waals surface area contributed by atoms with E-state index in [2.05, 4.69) is 10.3 Å². The second-order valence-corrected chi connectivity index (χ2v) is 5.50. The van der Waals surface area contributed by atoms with Crippen molar-refractivity contribution in [2.75, 3.05) is 5.32 Å². The molecule has 0 saturated heterocycles. The molecule has 2 aromatic rings. The number of ether oxygens (including phenoxy) is 1. The zero-order chi connectivity index (χ0) is 17.5. The molecule has 126 valence electrons. The fraction of sp³-hybridized carbons (Fsp3) is 0.316. The van der Waals surface area contributed by atoms with Gasteiger partial charge in [0.05, 0.1) is 5.56 Å². The van der Waals surface area contributed by atoms with Crippen LogP contribution in [-0.4, -0.2) is 23.0 Å². The molecule has 2 rings (SSSR count). The average Bonchev–Trinajstić information content (AvgIpc) is 2.61. The van der Waals surface area contributed by atoms with E-state index in [1.54, 1.807) is 25.3 Å². The first-order valence-corrected chi connectivity index (χ1v) is 8.07. The number of benzene rings is 1. The Kier molecular flexibility index (Phi) is 6.07. The summed E-state index contributed by atoms with van der Waals surface area (Å²) in [5.41, 5.74) is 3.16. The zero-order valence-corrected chi connectivity index (χ0v) is 14.2. The number of amides is 1. The highest BCUT2D eigenvalue weighted by Gasteiger charge is 2.23. The molecule has 1 unspecified atom stereocenters. The smallest absolute Gasteiger partial charge is 0.340 e. The Morgan fingerprint density at radius 1 is 1.21 bits per heavy atom. The van der Waals surface area contributed by atoms with E-state index in [4.69, 9.17) is 4.74 Å². The van der Waals surface area contributed by atoms with E-state index in [1.165, 1.54) is 6.20 Å². The first kappa shape index (κ1) is 17.7. The molecular weight excluding hydrogens is 304 g/mol. The lowest BCUT2D eigenvalue weighted by Crippen LogP contribution is -2.32. The number of anilines is 1. The van der Waals surface area contributed by atoms with Gasteiger partial charge in [0.1, 0.15) is 0 Å². The van der Waals surface area contributed by atoms with Gasteiger partial charge < -0.3 is 10.1 Å². The number of nitrogens with zero attached hydrogens (tertiary/aromatic N) is 1. The van der Waals surface area contributed by atoms with Crippen LogP contribution in [0.5, 0.6) is 0 Å². The van der Waals surface area contributed by atoms with E-state index in [0.717, 1.165) is 23.2 Å². The third-order valence-corrected chi connectivity index (χ3v) is 3.80. The van der Waals surface area contributed by atoms with E-state index in [9.17, 15) is 9.59 Å². The standard InChI is InChI=1S/C19H22N2O3/c1-4-14-9-6-8-13(3)17(14)21-18(22)16(5-2)24-19(23)15-10-7-11-20-12-15/h6-12,16H,4-5H2,1-3H3,(H,21,22). The zero-order valence-electron chi connectivity index (χ0n) is 14.2. The van der Waals surface area contributed by atoms with Crippen LogP contribution in [0.3, 0.4) is 0 Å². The molecular formula is C19H22N2O3. The maximum atomic E-state index is 12.5. The number of carbonyl (C=O) groups excluding carboxylic acids is 2. The summed E-state index contributed by atoms with van der Waals surface area (Å²) >= 11 is 0. The van der Waals surface area contributed by atoms with Gasteiger partial charge in [-0.25, -0.2) is 4.79 Å². The van der Waals surface area contributed by atoms with Crippen molar-refractivity contribution in [3.63, 3.8) is 0 Å². The quantitative estimate of drug-likeness (QED) is 0.825. The van der Waals surface area contributed by atoms with Gasteiger partial charge in [0.15, 0.2) is 6.10 Å². The molecule has 0 spiro atoms. The molecule has 1 atom stereocenters. The predicted molar refractivity (Wildman–Crippen MR) is 92.9 cm³/mol. The molecule has 0 saturated carbocycles. The Balaban J connectivity index is 2.11. The van der Waals surface area contributed by atoms with Crippen LogP contribution in [0.1, 0.15) is 41.8 Å². The maximum Gasteiger partial charge on any atom is 0.340 e. The lowest BCUT2D eigenvalue weighted by atomic mass is 10.1. The van der Waals surface area contributed by atoms with Crippen molar-refractivity contribution in [2.24, 2.45) is 0 Å². The number of pyridine rings is 1. The Bertz CT molecular complexity index is 714. The first-order valence-electron chi connectivity index (χ1n) is 8.07. The number of esters is 1. The van der Waals surface area contributed by atoms with Crippen molar-refractivity contribution in [3.05, 3.63) is 59.4 Å². The second-order valence-electron chi connectivity index (χ2n) is 5.50. The van der Waals surface area contributed by atoms with E-state index < -0.39 is 12.1 Å². The maximum absolute atomic E-state index is 12.5. The molecule has 0 fully saturated rings. The molecule has 0 aliphatic heterocycles. The minimum Gasteiger partial charge on any atom is -0.449 e. The van der Waals surface area contributed by atoms with Gasteiger partial charge in [0, 0.05) is 18.1 Å². The normalized spacial score (nSPS) is 11.6. The Morgan fingerprint density at radius 3 is 2.62 bits per heavy atom. The Labute approximate surface area is 142 Å². The number of aromatic nitrogens is 1. The lowest BCUT2D eigenvalue weighted by Gasteiger charge is -2.18. The van der Waals surface area contributed by atoms with Crippen molar-refractivity contribution in [3.8, 4) is 0 Å². The van der Waals surface area contributed by atoms with Gasteiger partial charge in [0.2, 0.25) is 0 Å². The average molecular weight is 326 g/mol. The largest absolute Gasteiger partial charge is 0.449 e. The third kappa shape index (κ3) is 4.19. The van der Waals surface area contributed by atoms with E-state index in [0.29, 0.717) is 12.0 Å². The van der Waals surface area contributed by atoms with Crippen LogP contribution in [0, 0.1) is 6.92 Å². The van der Waals surface area contributed by atoms with E-state index in [1.807, 2.05) is 32.0 Å². The minimum atomic E-state index is -0.845. The fourth-order valence-electron chi connectivity index (χ4n) is 2.41. The number of aryl methyl sites for hydroxylation is 2. The molecule has 0 aliphatic rings. The number of para-hydroxylation sites is 1. The fourth-order valence-corrected chi connectivity index (χ4v) is 2.41. The number of hydrogen-bond donors (Lipinski definition) is 1. The van der Waals surface area contributed by atoms with Crippen molar-refractivity contribution in [1.82, 2.24) is 4.98 Å². The van der Waals surface area contributed by atoms with Crippen LogP contribution in [0.15, 0.2) is 42.7 Å². The van der Waals surface area contributed by atoms with Gasteiger partial charge in [-0.05, 0) is 43.0 Å². The molecule has 5 heteroatoms. The Morgan fingerprint density at radius 2 is 2.00 bits per heavy atom. The highest BCUT2D eigenvalue weighted by atomic mass is 16.5. The number of rotatable bonds is 6. The molecule has 1 aromatic carbocycles. The highest BCUT2D eigenvalue weighted by Crippen LogP contribution is 2.22. The summed E-state index contributed by atoms with van der Waals surface area (Å²) in [5, 5.41) is 2.91. The van der Waals surface area contributed by atoms with Crippen LogP contribution < -0.4 is 5.32 Å². The SMILES string of the molecule is CCc1cccc(C)c1NC(=O)C(CC)OC(=O)c1cccnc1. The molecule has 0 aliphatic carbocycles. The Hall–Kier alpha value is -2.69.